The molecule has 4 nitrogen and oxygen atoms in total. The van der Waals surface area contributed by atoms with Crippen molar-refractivity contribution < 1.29 is 22.7 Å². The Morgan fingerprint density at radius 2 is 1.87 bits per heavy atom. The number of hydrogen-bond donors (Lipinski definition) is 1. The van der Waals surface area contributed by atoms with Crippen LogP contribution in [-0.2, 0) is 10.9 Å². The van der Waals surface area contributed by atoms with E-state index in [2.05, 4.69) is 10.3 Å². The van der Waals surface area contributed by atoms with Crippen LogP contribution in [0, 0.1) is 5.92 Å². The number of alkyl halides is 3. The van der Waals surface area contributed by atoms with Gasteiger partial charge in [0, 0.05) is 6.20 Å². The van der Waals surface area contributed by atoms with Crippen LogP contribution in [0.2, 0.25) is 0 Å². The molecule has 1 N–H and O–H groups in total. The van der Waals surface area contributed by atoms with E-state index in [4.69, 9.17) is 4.74 Å². The van der Waals surface area contributed by atoms with Crippen molar-refractivity contribution in [3.05, 3.63) is 29.6 Å². The third-order valence-electron chi connectivity index (χ3n) is 2.88. The fraction of sp³-hybridized carbons (Fsp3) is 0.625. The number of rotatable bonds is 4. The van der Waals surface area contributed by atoms with Crippen LogP contribution in [0.3, 0.4) is 0 Å². The van der Waals surface area contributed by atoms with Gasteiger partial charge in [0.05, 0.1) is 6.04 Å². The molecule has 1 atom stereocenters. The van der Waals surface area contributed by atoms with E-state index in [0.29, 0.717) is 12.0 Å². The second-order valence-electron chi connectivity index (χ2n) is 6.80. The number of carbonyl (C=O) groups is 1. The molecule has 0 saturated heterocycles. The second-order valence-corrected chi connectivity index (χ2v) is 6.80. The van der Waals surface area contributed by atoms with E-state index in [-0.39, 0.29) is 5.92 Å². The third kappa shape index (κ3) is 6.88. The highest BCUT2D eigenvalue weighted by atomic mass is 19.4. The van der Waals surface area contributed by atoms with Gasteiger partial charge in [0.2, 0.25) is 0 Å². The van der Waals surface area contributed by atoms with Crippen molar-refractivity contribution in [2.45, 2.75) is 58.9 Å². The maximum atomic E-state index is 12.6. The molecule has 0 unspecified atom stereocenters. The van der Waals surface area contributed by atoms with Gasteiger partial charge in [0.1, 0.15) is 11.3 Å². The average molecular weight is 332 g/mol. The summed E-state index contributed by atoms with van der Waals surface area (Å²) < 4.78 is 42.9. The average Bonchev–Trinajstić information content (AvgIpc) is 2.34. The molecule has 1 heterocycles. The number of amides is 1. The SMILES string of the molecule is CC(C)C[C@H](NC(=O)OC(C)(C)C)c1ccc(C(F)(F)F)nc1. The summed E-state index contributed by atoms with van der Waals surface area (Å²) in [5.74, 6) is 0.234. The van der Waals surface area contributed by atoms with Crippen molar-refractivity contribution >= 4 is 6.09 Å². The van der Waals surface area contributed by atoms with Crippen LogP contribution in [0.25, 0.3) is 0 Å². The van der Waals surface area contributed by atoms with Crippen LogP contribution < -0.4 is 5.32 Å². The van der Waals surface area contributed by atoms with Crippen molar-refractivity contribution in [3.8, 4) is 0 Å². The van der Waals surface area contributed by atoms with Gasteiger partial charge < -0.3 is 10.1 Å². The first-order chi connectivity index (χ1) is 10.4. The molecule has 0 aliphatic heterocycles. The first-order valence-corrected chi connectivity index (χ1v) is 7.41. The van der Waals surface area contributed by atoms with Gasteiger partial charge in [-0.1, -0.05) is 19.9 Å². The molecule has 0 radical (unpaired) electrons. The van der Waals surface area contributed by atoms with Crippen molar-refractivity contribution in [1.82, 2.24) is 10.3 Å². The lowest BCUT2D eigenvalue weighted by molar-refractivity contribution is -0.141. The molecule has 1 rings (SSSR count). The number of alkyl carbamates (subject to hydrolysis) is 1. The van der Waals surface area contributed by atoms with Gasteiger partial charge in [-0.15, -0.1) is 0 Å². The first kappa shape index (κ1) is 19.3. The first-order valence-electron chi connectivity index (χ1n) is 7.41. The fourth-order valence-corrected chi connectivity index (χ4v) is 1.98. The van der Waals surface area contributed by atoms with Crippen molar-refractivity contribution in [2.75, 3.05) is 0 Å². The number of aromatic nitrogens is 1. The van der Waals surface area contributed by atoms with Crippen LogP contribution in [0.1, 0.15) is 58.3 Å². The van der Waals surface area contributed by atoms with Crippen molar-refractivity contribution in [2.24, 2.45) is 5.92 Å². The van der Waals surface area contributed by atoms with Crippen molar-refractivity contribution in [3.63, 3.8) is 0 Å². The van der Waals surface area contributed by atoms with Gasteiger partial charge in [0.25, 0.3) is 0 Å². The Morgan fingerprint density at radius 1 is 1.26 bits per heavy atom. The molecule has 0 bridgehead atoms. The Bertz CT molecular complexity index is 520. The summed E-state index contributed by atoms with van der Waals surface area (Å²) >= 11 is 0. The Morgan fingerprint density at radius 3 is 2.26 bits per heavy atom. The monoisotopic (exact) mass is 332 g/mol. The van der Waals surface area contributed by atoms with Gasteiger partial charge in [-0.2, -0.15) is 13.2 Å². The molecule has 0 aliphatic carbocycles. The Balaban J connectivity index is 2.91. The number of pyridine rings is 1. The second kappa shape index (κ2) is 7.19. The maximum Gasteiger partial charge on any atom is 0.433 e. The summed E-state index contributed by atoms with van der Waals surface area (Å²) in [6, 6.07) is 1.79. The summed E-state index contributed by atoms with van der Waals surface area (Å²) in [5.41, 5.74) is -1.09. The number of nitrogens with zero attached hydrogens (tertiary/aromatic N) is 1. The van der Waals surface area contributed by atoms with Gasteiger partial charge in [0.15, 0.2) is 0 Å². The van der Waals surface area contributed by atoms with E-state index >= 15 is 0 Å². The molecular weight excluding hydrogens is 309 g/mol. The topological polar surface area (TPSA) is 51.2 Å². The van der Waals surface area contributed by atoms with Gasteiger partial charge >= 0.3 is 12.3 Å². The van der Waals surface area contributed by atoms with Crippen molar-refractivity contribution in [1.29, 1.82) is 0 Å². The zero-order chi connectivity index (χ0) is 17.8. The highest BCUT2D eigenvalue weighted by Gasteiger charge is 2.32. The molecule has 23 heavy (non-hydrogen) atoms. The van der Waals surface area contributed by atoms with E-state index in [9.17, 15) is 18.0 Å². The number of carbonyl (C=O) groups excluding carboxylic acids is 1. The van der Waals surface area contributed by atoms with E-state index < -0.39 is 29.6 Å². The van der Waals surface area contributed by atoms with E-state index in [0.717, 1.165) is 12.3 Å². The molecule has 1 amide bonds. The Labute approximate surface area is 134 Å². The van der Waals surface area contributed by atoms with Gasteiger partial charge in [-0.25, -0.2) is 4.79 Å². The Hall–Kier alpha value is -1.79. The molecule has 130 valence electrons. The molecule has 1 aromatic rings. The molecule has 0 aromatic carbocycles. The minimum Gasteiger partial charge on any atom is -0.444 e. The number of nitrogens with one attached hydrogen (secondary N) is 1. The lowest BCUT2D eigenvalue weighted by atomic mass is 9.98. The van der Waals surface area contributed by atoms with Crippen LogP contribution in [0.15, 0.2) is 18.3 Å². The van der Waals surface area contributed by atoms with Gasteiger partial charge in [-0.05, 0) is 44.7 Å². The van der Waals surface area contributed by atoms with E-state index in [1.54, 1.807) is 20.8 Å². The molecule has 0 aliphatic rings. The quantitative estimate of drug-likeness (QED) is 0.868. The summed E-state index contributed by atoms with van der Waals surface area (Å²) in [5, 5.41) is 2.70. The largest absolute Gasteiger partial charge is 0.444 e. The zero-order valence-electron chi connectivity index (χ0n) is 14.0. The van der Waals surface area contributed by atoms with Crippen LogP contribution >= 0.6 is 0 Å². The fourth-order valence-electron chi connectivity index (χ4n) is 1.98. The van der Waals surface area contributed by atoms with Crippen LogP contribution in [0.5, 0.6) is 0 Å². The summed E-state index contributed by atoms with van der Waals surface area (Å²) in [6.07, 6.45) is -3.38. The number of ether oxygens (including phenoxy) is 1. The summed E-state index contributed by atoms with van der Waals surface area (Å²) in [6.45, 7) is 9.14. The summed E-state index contributed by atoms with van der Waals surface area (Å²) in [4.78, 5) is 15.4. The minimum absolute atomic E-state index is 0.234. The molecular formula is C16H23F3N2O2. The minimum atomic E-state index is -4.48. The third-order valence-corrected chi connectivity index (χ3v) is 2.88. The predicted octanol–water partition coefficient (Wildman–Crippen LogP) is 4.71. The van der Waals surface area contributed by atoms with E-state index in [1.165, 1.54) is 6.07 Å². The van der Waals surface area contributed by atoms with Crippen LogP contribution in [-0.4, -0.2) is 16.7 Å². The molecule has 0 saturated carbocycles. The van der Waals surface area contributed by atoms with Crippen LogP contribution in [0.4, 0.5) is 18.0 Å². The standard InChI is InChI=1S/C16H23F3N2O2/c1-10(2)8-12(21-14(22)23-15(3,4)5)11-6-7-13(20-9-11)16(17,18)19/h6-7,9-10,12H,8H2,1-5H3,(H,21,22)/t12-/m0/s1. The number of hydrogen-bond acceptors (Lipinski definition) is 3. The zero-order valence-corrected chi connectivity index (χ0v) is 14.0. The summed E-state index contributed by atoms with van der Waals surface area (Å²) in [7, 11) is 0. The lowest BCUT2D eigenvalue weighted by Gasteiger charge is -2.25. The highest BCUT2D eigenvalue weighted by Crippen LogP contribution is 2.29. The van der Waals surface area contributed by atoms with Gasteiger partial charge in [-0.3, -0.25) is 4.98 Å². The predicted molar refractivity (Wildman–Crippen MR) is 80.8 cm³/mol. The smallest absolute Gasteiger partial charge is 0.433 e. The molecule has 7 heteroatoms. The maximum absolute atomic E-state index is 12.6. The highest BCUT2D eigenvalue weighted by molar-refractivity contribution is 5.68. The normalized spacial score (nSPS) is 13.8. The number of halogens is 3. The van der Waals surface area contributed by atoms with E-state index in [1.807, 2.05) is 13.8 Å². The molecule has 0 fully saturated rings. The lowest BCUT2D eigenvalue weighted by Crippen LogP contribution is -2.35. The molecule has 0 spiro atoms. The Kier molecular flexibility index (Phi) is 6.02. The molecule has 1 aromatic heterocycles.